The highest BCUT2D eigenvalue weighted by Gasteiger charge is 2.26. The molecule has 2 aliphatic heterocycles. The van der Waals surface area contributed by atoms with Gasteiger partial charge in [-0.1, -0.05) is 0 Å². The van der Waals surface area contributed by atoms with Crippen molar-refractivity contribution in [3.8, 4) is 0 Å². The summed E-state index contributed by atoms with van der Waals surface area (Å²) in [5.74, 6) is -0.0847. The van der Waals surface area contributed by atoms with E-state index in [1.165, 1.54) is 6.20 Å². The Balaban J connectivity index is 1.38. The molecule has 2 aliphatic rings. The predicted molar refractivity (Wildman–Crippen MR) is 132 cm³/mol. The van der Waals surface area contributed by atoms with E-state index in [-0.39, 0.29) is 17.5 Å². The molecular weight excluding hydrogens is 448 g/mol. The molecule has 1 aromatic carbocycles. The number of hydrogen-bond acceptors (Lipinski definition) is 8. The Morgan fingerprint density at radius 2 is 1.74 bits per heavy atom. The van der Waals surface area contributed by atoms with E-state index in [0.29, 0.717) is 61.7 Å². The average molecular weight is 475 g/mol. The first-order valence-electron chi connectivity index (χ1n) is 11.7. The standard InChI is InChI=1S/C24H26N8O3/c1-25-16-8-12-32(13-9-16)24-28-19-14-26-30-22(33)20(19)21(29-24)27-17-2-4-18(5-3-17)31-10-6-15(7-11-31)23(34)35/h2-5,14-16H,6-13H2,(H,30,33)(H,34,35)(H,27,28,29). The quantitative estimate of drug-likeness (QED) is 0.478. The Hall–Kier alpha value is -4.20. The third kappa shape index (κ3) is 4.73. The zero-order valence-electron chi connectivity index (χ0n) is 19.1. The Morgan fingerprint density at radius 3 is 2.40 bits per heavy atom. The number of carbonyl (C=O) groups is 1. The molecular formula is C24H26N8O3. The normalized spacial score (nSPS) is 17.3. The minimum absolute atomic E-state index is 0.0299. The second-order valence-electron chi connectivity index (χ2n) is 8.95. The van der Waals surface area contributed by atoms with E-state index in [0.717, 1.165) is 24.2 Å². The molecule has 3 N–H and O–H groups in total. The van der Waals surface area contributed by atoms with Gasteiger partial charge < -0.3 is 25.1 Å². The second-order valence-corrected chi connectivity index (χ2v) is 8.95. The summed E-state index contributed by atoms with van der Waals surface area (Å²) in [4.78, 5) is 40.9. The number of piperidine rings is 2. The van der Waals surface area contributed by atoms with E-state index in [2.05, 4.69) is 35.2 Å². The van der Waals surface area contributed by atoms with Crippen molar-refractivity contribution in [2.24, 2.45) is 5.92 Å². The number of H-pyrrole nitrogens is 1. The maximum atomic E-state index is 12.6. The number of aromatic nitrogens is 4. The smallest absolute Gasteiger partial charge is 0.306 e. The molecule has 0 spiro atoms. The van der Waals surface area contributed by atoms with Crippen LogP contribution in [0.3, 0.4) is 0 Å². The van der Waals surface area contributed by atoms with Crippen LogP contribution < -0.4 is 20.7 Å². The summed E-state index contributed by atoms with van der Waals surface area (Å²) in [7, 11) is 0. The fourth-order valence-corrected chi connectivity index (χ4v) is 4.69. The predicted octanol–water partition coefficient (Wildman–Crippen LogP) is 2.65. The van der Waals surface area contributed by atoms with Crippen LogP contribution in [0.1, 0.15) is 25.7 Å². The molecule has 0 aliphatic carbocycles. The summed E-state index contributed by atoms with van der Waals surface area (Å²) in [6.45, 7) is 10.0. The van der Waals surface area contributed by atoms with Gasteiger partial charge >= 0.3 is 5.97 Å². The van der Waals surface area contributed by atoms with Crippen molar-refractivity contribution < 1.29 is 9.90 Å². The molecule has 0 saturated carbocycles. The molecule has 35 heavy (non-hydrogen) atoms. The lowest BCUT2D eigenvalue weighted by atomic mass is 9.97. The van der Waals surface area contributed by atoms with Crippen molar-refractivity contribution in [1.82, 2.24) is 20.2 Å². The molecule has 180 valence electrons. The molecule has 11 nitrogen and oxygen atoms in total. The van der Waals surface area contributed by atoms with Crippen LogP contribution in [-0.2, 0) is 4.79 Å². The van der Waals surface area contributed by atoms with Gasteiger partial charge in [0.15, 0.2) is 0 Å². The number of carboxylic acid groups (broad SMARTS) is 1. The van der Waals surface area contributed by atoms with Gasteiger partial charge in [-0.25, -0.2) is 16.7 Å². The van der Waals surface area contributed by atoms with Crippen LogP contribution in [0, 0.1) is 12.5 Å². The molecule has 0 bridgehead atoms. The molecule has 0 radical (unpaired) electrons. The summed E-state index contributed by atoms with van der Waals surface area (Å²) in [5.41, 5.74) is 1.87. The third-order valence-electron chi connectivity index (χ3n) is 6.77. The third-order valence-corrected chi connectivity index (χ3v) is 6.77. The molecule has 4 heterocycles. The van der Waals surface area contributed by atoms with Crippen LogP contribution in [0.25, 0.3) is 15.7 Å². The van der Waals surface area contributed by atoms with E-state index in [4.69, 9.17) is 6.57 Å². The minimum atomic E-state index is -0.721. The van der Waals surface area contributed by atoms with Crippen LogP contribution in [0.5, 0.6) is 0 Å². The number of fused-ring (bicyclic) bond motifs is 1. The van der Waals surface area contributed by atoms with Gasteiger partial charge in [0, 0.05) is 50.4 Å². The maximum Gasteiger partial charge on any atom is 0.306 e. The first-order valence-corrected chi connectivity index (χ1v) is 11.7. The van der Waals surface area contributed by atoms with Crippen LogP contribution in [0.2, 0.25) is 0 Å². The number of hydrogen-bond donors (Lipinski definition) is 3. The van der Waals surface area contributed by atoms with Gasteiger partial charge in [0.25, 0.3) is 5.56 Å². The van der Waals surface area contributed by atoms with Gasteiger partial charge in [0.1, 0.15) is 16.7 Å². The van der Waals surface area contributed by atoms with Gasteiger partial charge in [-0.2, -0.15) is 10.1 Å². The SMILES string of the molecule is [C-]#[N+]C1CCN(c2nc(Nc3ccc(N4CCC(C(=O)O)CC4)cc3)c3c(=O)[nH]ncc3n2)CC1. The highest BCUT2D eigenvalue weighted by atomic mass is 16.4. The molecule has 0 atom stereocenters. The number of rotatable bonds is 5. The minimum Gasteiger partial charge on any atom is -0.481 e. The lowest BCUT2D eigenvalue weighted by Crippen LogP contribution is -2.36. The fourth-order valence-electron chi connectivity index (χ4n) is 4.69. The summed E-state index contributed by atoms with van der Waals surface area (Å²) in [6, 6.07) is 7.83. The topological polar surface area (TPSA) is 132 Å². The van der Waals surface area contributed by atoms with Crippen molar-refractivity contribution in [3.63, 3.8) is 0 Å². The number of nitrogens with zero attached hydrogens (tertiary/aromatic N) is 6. The second kappa shape index (κ2) is 9.58. The summed E-state index contributed by atoms with van der Waals surface area (Å²) in [6.07, 6.45) is 4.30. The van der Waals surface area contributed by atoms with Crippen LogP contribution in [0.15, 0.2) is 35.3 Å². The van der Waals surface area contributed by atoms with Gasteiger partial charge in [0.2, 0.25) is 12.0 Å². The Morgan fingerprint density at radius 1 is 1.06 bits per heavy atom. The molecule has 2 saturated heterocycles. The molecule has 2 aromatic heterocycles. The molecule has 0 amide bonds. The maximum absolute atomic E-state index is 12.6. The van der Waals surface area contributed by atoms with Crippen molar-refractivity contribution in [1.29, 1.82) is 0 Å². The van der Waals surface area contributed by atoms with Crippen molar-refractivity contribution in [2.45, 2.75) is 31.7 Å². The van der Waals surface area contributed by atoms with E-state index < -0.39 is 5.97 Å². The number of nitrogens with one attached hydrogen (secondary N) is 2. The van der Waals surface area contributed by atoms with E-state index in [9.17, 15) is 14.7 Å². The lowest BCUT2D eigenvalue weighted by Gasteiger charge is -2.32. The Labute approximate surface area is 201 Å². The highest BCUT2D eigenvalue weighted by molar-refractivity contribution is 5.90. The van der Waals surface area contributed by atoms with Crippen molar-refractivity contribution >= 4 is 40.0 Å². The first kappa shape index (κ1) is 22.6. The largest absolute Gasteiger partial charge is 0.481 e. The number of carboxylic acids is 1. The number of aromatic amines is 1. The van der Waals surface area contributed by atoms with Gasteiger partial charge in [-0.05, 0) is 37.1 Å². The summed E-state index contributed by atoms with van der Waals surface area (Å²) < 4.78 is 0. The van der Waals surface area contributed by atoms with Crippen LogP contribution in [0.4, 0.5) is 23.1 Å². The van der Waals surface area contributed by atoms with E-state index in [1.54, 1.807) is 0 Å². The molecule has 3 aromatic rings. The van der Waals surface area contributed by atoms with Gasteiger partial charge in [0.05, 0.1) is 12.1 Å². The van der Waals surface area contributed by atoms with E-state index >= 15 is 0 Å². The molecule has 2 fully saturated rings. The first-order chi connectivity index (χ1) is 17.0. The lowest BCUT2D eigenvalue weighted by molar-refractivity contribution is -0.142. The Bertz CT molecular complexity index is 1320. The number of anilines is 4. The fraction of sp³-hybridized carbons (Fsp3) is 0.417. The van der Waals surface area contributed by atoms with Crippen LogP contribution in [-0.4, -0.2) is 63.5 Å². The van der Waals surface area contributed by atoms with E-state index in [1.807, 2.05) is 29.2 Å². The Kier molecular flexibility index (Phi) is 6.18. The van der Waals surface area contributed by atoms with Crippen molar-refractivity contribution in [3.05, 3.63) is 52.2 Å². The van der Waals surface area contributed by atoms with Crippen molar-refractivity contribution in [2.75, 3.05) is 41.3 Å². The summed E-state index contributed by atoms with van der Waals surface area (Å²) in [5, 5.41) is 19.2. The monoisotopic (exact) mass is 474 g/mol. The zero-order valence-corrected chi connectivity index (χ0v) is 19.1. The van der Waals surface area contributed by atoms with Crippen LogP contribution >= 0.6 is 0 Å². The highest BCUT2D eigenvalue weighted by Crippen LogP contribution is 2.28. The summed E-state index contributed by atoms with van der Waals surface area (Å²) >= 11 is 0. The molecule has 0 unspecified atom stereocenters. The number of aliphatic carboxylic acids is 1. The zero-order chi connectivity index (χ0) is 24.4. The number of benzene rings is 1. The molecule has 5 rings (SSSR count). The van der Waals surface area contributed by atoms with Gasteiger partial charge in [-0.15, -0.1) is 0 Å². The molecule has 11 heteroatoms. The van der Waals surface area contributed by atoms with Gasteiger partial charge in [-0.3, -0.25) is 9.59 Å². The average Bonchev–Trinajstić information content (AvgIpc) is 2.89.